The molecule has 5 nitrogen and oxygen atoms in total. The third-order valence-electron chi connectivity index (χ3n) is 4.70. The average Bonchev–Trinajstić information content (AvgIpc) is 2.48. The van der Waals surface area contributed by atoms with E-state index in [9.17, 15) is 4.79 Å². The van der Waals surface area contributed by atoms with Crippen molar-refractivity contribution >= 4 is 18.1 Å². The number of aromatic nitrogens is 2. The number of nitrogens with zero attached hydrogens (tertiary/aromatic N) is 3. The number of hydrogen-bond acceptors (Lipinski definition) is 4. The van der Waals surface area contributed by atoms with Crippen molar-refractivity contribution in [3.8, 4) is 0 Å². The van der Waals surface area contributed by atoms with Gasteiger partial charge in [-0.15, -0.1) is 12.4 Å². The highest BCUT2D eigenvalue weighted by Gasteiger charge is 2.27. The van der Waals surface area contributed by atoms with Crippen molar-refractivity contribution in [1.29, 1.82) is 0 Å². The number of halogens is 1. The van der Waals surface area contributed by atoms with E-state index in [0.717, 1.165) is 17.8 Å². The second-order valence-electron chi connectivity index (χ2n) is 6.41. The van der Waals surface area contributed by atoms with Gasteiger partial charge in [-0.05, 0) is 43.9 Å². The van der Waals surface area contributed by atoms with Crippen molar-refractivity contribution in [1.82, 2.24) is 14.3 Å². The average molecular weight is 337 g/mol. The van der Waals surface area contributed by atoms with Gasteiger partial charge in [-0.25, -0.2) is 4.98 Å². The lowest BCUT2D eigenvalue weighted by Gasteiger charge is -2.39. The van der Waals surface area contributed by atoms with Gasteiger partial charge >= 0.3 is 0 Å². The molecule has 1 fully saturated rings. The molecule has 1 aliphatic rings. The van der Waals surface area contributed by atoms with E-state index in [1.807, 2.05) is 25.3 Å². The summed E-state index contributed by atoms with van der Waals surface area (Å²) >= 11 is 0. The van der Waals surface area contributed by atoms with Crippen LogP contribution in [0.1, 0.15) is 31.0 Å². The molecule has 126 valence electrons. The number of rotatable bonds is 3. The quantitative estimate of drug-likeness (QED) is 0.931. The van der Waals surface area contributed by atoms with E-state index in [1.165, 1.54) is 12.8 Å². The summed E-state index contributed by atoms with van der Waals surface area (Å²) in [6.07, 6.45) is 4.25. The van der Waals surface area contributed by atoms with Crippen LogP contribution in [0.3, 0.4) is 0 Å². The molecule has 2 aromatic heterocycles. The third kappa shape index (κ3) is 3.74. The molecule has 1 aliphatic heterocycles. The maximum atomic E-state index is 12.3. The van der Waals surface area contributed by atoms with Gasteiger partial charge in [0.25, 0.3) is 5.56 Å². The molecule has 0 amide bonds. The molecule has 0 saturated carbocycles. The Morgan fingerprint density at radius 3 is 2.91 bits per heavy atom. The van der Waals surface area contributed by atoms with Crippen LogP contribution in [-0.4, -0.2) is 33.4 Å². The predicted molar refractivity (Wildman–Crippen MR) is 95.1 cm³/mol. The molecule has 3 heterocycles. The monoisotopic (exact) mass is 336 g/mol. The summed E-state index contributed by atoms with van der Waals surface area (Å²) in [5.41, 5.74) is 8.53. The molecule has 3 rings (SSSR count). The number of nitrogens with two attached hydrogens (primary N) is 1. The Morgan fingerprint density at radius 2 is 2.17 bits per heavy atom. The summed E-state index contributed by atoms with van der Waals surface area (Å²) < 4.78 is 1.61. The second kappa shape index (κ2) is 7.43. The highest BCUT2D eigenvalue weighted by atomic mass is 35.5. The Kier molecular flexibility index (Phi) is 5.79. The van der Waals surface area contributed by atoms with Crippen LogP contribution in [-0.2, 0) is 6.54 Å². The lowest BCUT2D eigenvalue weighted by atomic mass is 9.90. The van der Waals surface area contributed by atoms with Gasteiger partial charge in [-0.3, -0.25) is 14.1 Å². The van der Waals surface area contributed by atoms with Gasteiger partial charge in [0.1, 0.15) is 5.65 Å². The molecule has 0 radical (unpaired) electrons. The van der Waals surface area contributed by atoms with E-state index in [2.05, 4.69) is 16.8 Å². The van der Waals surface area contributed by atoms with Crippen LogP contribution in [0.25, 0.3) is 5.65 Å². The first kappa shape index (κ1) is 17.9. The zero-order valence-electron chi connectivity index (χ0n) is 13.7. The number of piperidine rings is 1. The maximum Gasteiger partial charge on any atom is 0.258 e. The van der Waals surface area contributed by atoms with Crippen molar-refractivity contribution < 1.29 is 0 Å². The van der Waals surface area contributed by atoms with Crippen molar-refractivity contribution in [2.75, 3.05) is 13.1 Å². The molecule has 2 aromatic rings. The van der Waals surface area contributed by atoms with Crippen molar-refractivity contribution in [2.45, 2.75) is 39.3 Å². The summed E-state index contributed by atoms with van der Waals surface area (Å²) in [4.78, 5) is 19.3. The van der Waals surface area contributed by atoms with Gasteiger partial charge in [0.15, 0.2) is 0 Å². The van der Waals surface area contributed by atoms with Crippen molar-refractivity contribution in [3.63, 3.8) is 0 Å². The molecule has 0 aliphatic carbocycles. The minimum absolute atomic E-state index is 0. The number of likely N-dealkylation sites (tertiary alicyclic amines) is 1. The molecule has 0 bridgehead atoms. The zero-order valence-corrected chi connectivity index (χ0v) is 14.6. The molecule has 6 heteroatoms. The van der Waals surface area contributed by atoms with Gasteiger partial charge in [0, 0.05) is 31.4 Å². The van der Waals surface area contributed by atoms with Crippen LogP contribution in [0, 0.1) is 12.8 Å². The lowest BCUT2D eigenvalue weighted by Crippen LogP contribution is -2.48. The van der Waals surface area contributed by atoms with Gasteiger partial charge in [-0.1, -0.05) is 13.0 Å². The first-order valence-electron chi connectivity index (χ1n) is 8.01. The Labute approximate surface area is 142 Å². The molecule has 0 aromatic carbocycles. The van der Waals surface area contributed by atoms with Crippen LogP contribution >= 0.6 is 12.4 Å². The first-order valence-corrected chi connectivity index (χ1v) is 8.01. The Bertz CT molecular complexity index is 730. The first-order chi connectivity index (χ1) is 10.6. The van der Waals surface area contributed by atoms with E-state index >= 15 is 0 Å². The molecule has 2 atom stereocenters. The summed E-state index contributed by atoms with van der Waals surface area (Å²) in [5, 5.41) is 0. The maximum absolute atomic E-state index is 12.3. The zero-order chi connectivity index (χ0) is 15.7. The highest BCUT2D eigenvalue weighted by Crippen LogP contribution is 2.23. The van der Waals surface area contributed by atoms with E-state index in [0.29, 0.717) is 30.7 Å². The van der Waals surface area contributed by atoms with E-state index in [4.69, 9.17) is 5.73 Å². The molecular weight excluding hydrogens is 312 g/mol. The fraction of sp³-hybridized carbons (Fsp3) is 0.529. The number of aryl methyl sites for hydroxylation is 1. The standard InChI is InChI=1S/C17H24N4O.ClH/c1-12-5-6-16-19-14(8-17(22)21(16)10-12)11-20-7-3-4-13(2)15(20)9-18;/h5-6,8,10,13,15H,3-4,7,9,11,18H2,1-2H3;1H. The van der Waals surface area contributed by atoms with Crippen LogP contribution in [0.5, 0.6) is 0 Å². The second-order valence-corrected chi connectivity index (χ2v) is 6.41. The van der Waals surface area contributed by atoms with Gasteiger partial charge in [-0.2, -0.15) is 0 Å². The van der Waals surface area contributed by atoms with E-state index in [-0.39, 0.29) is 18.0 Å². The summed E-state index contributed by atoms with van der Waals surface area (Å²) in [7, 11) is 0. The number of hydrogen-bond donors (Lipinski definition) is 1. The topological polar surface area (TPSA) is 63.6 Å². The van der Waals surface area contributed by atoms with Crippen LogP contribution in [0.4, 0.5) is 0 Å². The number of fused-ring (bicyclic) bond motifs is 1. The smallest absolute Gasteiger partial charge is 0.258 e. The molecule has 23 heavy (non-hydrogen) atoms. The third-order valence-corrected chi connectivity index (χ3v) is 4.70. The van der Waals surface area contributed by atoms with Crippen molar-refractivity contribution in [3.05, 3.63) is 46.0 Å². The van der Waals surface area contributed by atoms with E-state index < -0.39 is 0 Å². The largest absolute Gasteiger partial charge is 0.329 e. The minimum atomic E-state index is -0.0157. The Hall–Kier alpha value is -1.43. The van der Waals surface area contributed by atoms with Gasteiger partial charge in [0.05, 0.1) is 5.69 Å². The van der Waals surface area contributed by atoms with Crippen LogP contribution in [0.2, 0.25) is 0 Å². The Balaban J connectivity index is 0.00000192. The fourth-order valence-electron chi connectivity index (χ4n) is 3.46. The van der Waals surface area contributed by atoms with Crippen molar-refractivity contribution in [2.24, 2.45) is 11.7 Å². The van der Waals surface area contributed by atoms with Crippen LogP contribution < -0.4 is 11.3 Å². The van der Waals surface area contributed by atoms with E-state index in [1.54, 1.807) is 10.5 Å². The number of pyridine rings is 1. The van der Waals surface area contributed by atoms with Gasteiger partial charge < -0.3 is 5.73 Å². The van der Waals surface area contributed by atoms with Crippen LogP contribution in [0.15, 0.2) is 29.2 Å². The normalized spacial score (nSPS) is 22.0. The summed E-state index contributed by atoms with van der Waals surface area (Å²) in [5.74, 6) is 0.600. The van der Waals surface area contributed by atoms with Gasteiger partial charge in [0.2, 0.25) is 0 Å². The SMILES string of the molecule is Cc1ccc2nc(CN3CCCC(C)C3CN)cc(=O)n2c1.Cl. The molecular formula is C17H25ClN4O. The highest BCUT2D eigenvalue weighted by molar-refractivity contribution is 5.85. The molecule has 1 saturated heterocycles. The lowest BCUT2D eigenvalue weighted by molar-refractivity contribution is 0.0978. The minimum Gasteiger partial charge on any atom is -0.329 e. The fourth-order valence-corrected chi connectivity index (χ4v) is 3.46. The molecule has 2 N–H and O–H groups in total. The summed E-state index contributed by atoms with van der Waals surface area (Å²) in [6, 6.07) is 5.92. The molecule has 0 spiro atoms. The summed E-state index contributed by atoms with van der Waals surface area (Å²) in [6.45, 7) is 6.62. The molecule has 2 unspecified atom stereocenters. The Morgan fingerprint density at radius 1 is 1.39 bits per heavy atom. The predicted octanol–water partition coefficient (Wildman–Crippen LogP) is 1.98.